The lowest BCUT2D eigenvalue weighted by molar-refractivity contribution is -0.138. The molecule has 0 radical (unpaired) electrons. The SMILES string of the molecule is C[C@@H](COCCC(=O)N1CCN2c3ncc(C(F)(F)F)cc3N(C)C(=O)C2C1)Nc1cn[nH]c(=O)c1C(F)(F)F. The fourth-order valence-corrected chi connectivity index (χ4v) is 4.56. The van der Waals surface area contributed by atoms with E-state index >= 15 is 0 Å². The summed E-state index contributed by atoms with van der Waals surface area (Å²) in [6.07, 6.45) is -8.03. The summed E-state index contributed by atoms with van der Waals surface area (Å²) in [5, 5.41) is 7.65. The predicted octanol–water partition coefficient (Wildman–Crippen LogP) is 2.10. The summed E-state index contributed by atoms with van der Waals surface area (Å²) in [4.78, 5) is 45.4. The van der Waals surface area contributed by atoms with Crippen molar-refractivity contribution in [2.75, 3.05) is 55.0 Å². The number of aromatic nitrogens is 3. The molecule has 1 saturated heterocycles. The topological polar surface area (TPSA) is 124 Å². The number of hydrogen-bond acceptors (Lipinski definition) is 8. The molecule has 2 N–H and O–H groups in total. The van der Waals surface area contributed by atoms with E-state index in [4.69, 9.17) is 4.74 Å². The molecule has 17 heteroatoms. The number of H-pyrrole nitrogens is 1. The number of alkyl halides is 6. The zero-order valence-corrected chi connectivity index (χ0v) is 21.3. The summed E-state index contributed by atoms with van der Waals surface area (Å²) in [5.41, 5.74) is -4.24. The molecule has 4 heterocycles. The molecule has 0 bridgehead atoms. The average Bonchev–Trinajstić information content (AvgIpc) is 2.87. The summed E-state index contributed by atoms with van der Waals surface area (Å²) in [6.45, 7) is 1.75. The monoisotopic (exact) mass is 577 g/mol. The van der Waals surface area contributed by atoms with E-state index in [2.05, 4.69) is 15.4 Å². The van der Waals surface area contributed by atoms with Gasteiger partial charge in [0.2, 0.25) is 5.91 Å². The first-order valence-electron chi connectivity index (χ1n) is 12.1. The number of hydrogen-bond donors (Lipinski definition) is 2. The second-order valence-electron chi connectivity index (χ2n) is 9.37. The Kier molecular flexibility index (Phi) is 7.96. The molecular formula is C23H25F6N7O4. The third kappa shape index (κ3) is 5.97. The Morgan fingerprint density at radius 2 is 1.90 bits per heavy atom. The fourth-order valence-electron chi connectivity index (χ4n) is 4.56. The Hall–Kier alpha value is -3.89. The number of nitrogens with one attached hydrogen (secondary N) is 2. The minimum absolute atomic E-state index is 0.00210. The molecule has 0 spiro atoms. The van der Waals surface area contributed by atoms with Gasteiger partial charge in [-0.15, -0.1) is 0 Å². The number of halogens is 6. The molecule has 40 heavy (non-hydrogen) atoms. The van der Waals surface area contributed by atoms with Crippen LogP contribution in [0.15, 0.2) is 23.3 Å². The zero-order valence-electron chi connectivity index (χ0n) is 21.3. The van der Waals surface area contributed by atoms with Crippen molar-refractivity contribution < 1.29 is 40.7 Å². The van der Waals surface area contributed by atoms with E-state index in [1.54, 1.807) is 10.00 Å². The van der Waals surface area contributed by atoms with Crippen LogP contribution in [0, 0.1) is 0 Å². The minimum Gasteiger partial charge on any atom is -0.379 e. The van der Waals surface area contributed by atoms with E-state index in [1.165, 1.54) is 18.9 Å². The van der Waals surface area contributed by atoms with Gasteiger partial charge in [0.15, 0.2) is 5.82 Å². The molecule has 2 aliphatic heterocycles. The van der Waals surface area contributed by atoms with Crippen molar-refractivity contribution in [2.24, 2.45) is 0 Å². The van der Waals surface area contributed by atoms with Crippen LogP contribution < -0.4 is 20.7 Å². The van der Waals surface area contributed by atoms with Crippen LogP contribution in [0.3, 0.4) is 0 Å². The average molecular weight is 577 g/mol. The molecule has 11 nitrogen and oxygen atoms in total. The van der Waals surface area contributed by atoms with E-state index in [9.17, 15) is 40.7 Å². The minimum atomic E-state index is -4.89. The van der Waals surface area contributed by atoms with Gasteiger partial charge in [0.25, 0.3) is 11.5 Å². The van der Waals surface area contributed by atoms with E-state index in [1.807, 2.05) is 0 Å². The maximum absolute atomic E-state index is 13.2. The van der Waals surface area contributed by atoms with E-state index < -0.39 is 52.7 Å². The standard InChI is InChI=1S/C23H25F6N7O4/c1-12(32-14-9-31-33-20(38)18(14)23(27,28)29)11-40-6-3-17(37)35-4-5-36-16(10-35)21(39)34(2)15-7-13(22(24,25)26)8-30-19(15)36/h7-9,12,16H,3-6,10-11H2,1-2H3,(H2,32,33,38)/t12-,16?/m0/s1. The number of carbonyl (C=O) groups is 2. The van der Waals surface area contributed by atoms with Gasteiger partial charge in [0.1, 0.15) is 11.6 Å². The number of amides is 2. The number of fused-ring (bicyclic) bond motifs is 3. The van der Waals surface area contributed by atoms with Gasteiger partial charge in [-0.25, -0.2) is 10.1 Å². The lowest BCUT2D eigenvalue weighted by atomic mass is 10.0. The number of carbonyl (C=O) groups excluding carboxylic acids is 2. The summed E-state index contributed by atoms with van der Waals surface area (Å²) < 4.78 is 84.4. The quantitative estimate of drug-likeness (QED) is 0.379. The van der Waals surface area contributed by atoms with Crippen molar-refractivity contribution in [3.63, 3.8) is 0 Å². The van der Waals surface area contributed by atoms with Crippen LogP contribution in [-0.2, 0) is 26.7 Å². The van der Waals surface area contributed by atoms with Crippen molar-refractivity contribution in [1.82, 2.24) is 20.1 Å². The molecular weight excluding hydrogens is 552 g/mol. The molecule has 2 aromatic heterocycles. The predicted molar refractivity (Wildman–Crippen MR) is 129 cm³/mol. The molecule has 2 amide bonds. The second kappa shape index (κ2) is 10.9. The fraction of sp³-hybridized carbons (Fsp3) is 0.522. The van der Waals surface area contributed by atoms with Crippen LogP contribution in [0.5, 0.6) is 0 Å². The number of anilines is 3. The Morgan fingerprint density at radius 3 is 2.58 bits per heavy atom. The first kappa shape index (κ1) is 29.1. The smallest absolute Gasteiger partial charge is 0.379 e. The van der Waals surface area contributed by atoms with Gasteiger partial charge in [-0.3, -0.25) is 14.4 Å². The Morgan fingerprint density at radius 1 is 1.18 bits per heavy atom. The molecule has 0 aliphatic carbocycles. The van der Waals surface area contributed by atoms with Crippen molar-refractivity contribution in [3.05, 3.63) is 39.9 Å². The van der Waals surface area contributed by atoms with Crippen molar-refractivity contribution in [3.8, 4) is 0 Å². The molecule has 2 atom stereocenters. The van der Waals surface area contributed by atoms with Crippen molar-refractivity contribution in [2.45, 2.75) is 37.8 Å². The van der Waals surface area contributed by atoms with Crippen molar-refractivity contribution in [1.29, 1.82) is 0 Å². The highest BCUT2D eigenvalue weighted by Crippen LogP contribution is 2.39. The van der Waals surface area contributed by atoms with E-state index in [0.717, 1.165) is 17.2 Å². The van der Waals surface area contributed by atoms with Crippen LogP contribution >= 0.6 is 0 Å². The number of piperazine rings is 1. The molecule has 0 saturated carbocycles. The normalized spacial score (nSPS) is 18.4. The largest absolute Gasteiger partial charge is 0.423 e. The highest BCUT2D eigenvalue weighted by molar-refractivity contribution is 6.05. The van der Waals surface area contributed by atoms with Gasteiger partial charge in [0.05, 0.1) is 49.3 Å². The number of aromatic amines is 1. The molecule has 2 aliphatic rings. The Bertz CT molecular complexity index is 1330. The number of pyridine rings is 1. The van der Waals surface area contributed by atoms with Gasteiger partial charge in [-0.2, -0.15) is 31.4 Å². The first-order chi connectivity index (χ1) is 18.7. The highest BCUT2D eigenvalue weighted by Gasteiger charge is 2.43. The Labute approximate surface area is 223 Å². The van der Waals surface area contributed by atoms with Crippen LogP contribution in [0.1, 0.15) is 24.5 Å². The number of nitrogens with zero attached hydrogens (tertiary/aromatic N) is 5. The third-order valence-electron chi connectivity index (χ3n) is 6.53. The lowest BCUT2D eigenvalue weighted by Gasteiger charge is -2.46. The maximum atomic E-state index is 13.2. The highest BCUT2D eigenvalue weighted by atomic mass is 19.4. The maximum Gasteiger partial charge on any atom is 0.423 e. The Balaban J connectivity index is 1.30. The zero-order chi connectivity index (χ0) is 29.4. The van der Waals surface area contributed by atoms with Gasteiger partial charge in [-0.1, -0.05) is 0 Å². The summed E-state index contributed by atoms with van der Waals surface area (Å²) >= 11 is 0. The lowest BCUT2D eigenvalue weighted by Crippen LogP contribution is -2.63. The van der Waals surface area contributed by atoms with Gasteiger partial charge < -0.3 is 24.8 Å². The summed E-state index contributed by atoms with van der Waals surface area (Å²) in [7, 11) is 1.35. The molecule has 4 rings (SSSR count). The van der Waals surface area contributed by atoms with Crippen LogP contribution in [0.2, 0.25) is 0 Å². The van der Waals surface area contributed by atoms with Gasteiger partial charge >= 0.3 is 12.4 Å². The van der Waals surface area contributed by atoms with E-state index in [-0.39, 0.29) is 56.7 Å². The van der Waals surface area contributed by atoms with Crippen molar-refractivity contribution >= 4 is 29.0 Å². The molecule has 218 valence electrons. The second-order valence-corrected chi connectivity index (χ2v) is 9.37. The molecule has 0 aromatic carbocycles. The van der Waals surface area contributed by atoms with Gasteiger partial charge in [-0.05, 0) is 13.0 Å². The first-order valence-corrected chi connectivity index (χ1v) is 12.1. The molecule has 2 aromatic rings. The summed E-state index contributed by atoms with van der Waals surface area (Å²) in [6, 6.07) is -0.614. The third-order valence-corrected chi connectivity index (χ3v) is 6.53. The number of rotatable bonds is 7. The van der Waals surface area contributed by atoms with E-state index in [0.29, 0.717) is 6.20 Å². The number of ether oxygens (including phenoxy) is 1. The summed E-state index contributed by atoms with van der Waals surface area (Å²) in [5.74, 6) is -0.587. The van der Waals surface area contributed by atoms with Crippen LogP contribution in [0.4, 0.5) is 43.5 Å². The van der Waals surface area contributed by atoms with Crippen LogP contribution in [0.25, 0.3) is 0 Å². The molecule has 1 fully saturated rings. The number of likely N-dealkylation sites (N-methyl/N-ethyl adjacent to an activating group) is 1. The van der Waals surface area contributed by atoms with Gasteiger partial charge in [0, 0.05) is 32.4 Å². The van der Waals surface area contributed by atoms with Crippen LogP contribution in [-0.4, -0.2) is 83.9 Å². The molecule has 1 unspecified atom stereocenters.